The highest BCUT2D eigenvalue weighted by Gasteiger charge is 2.38. The Kier molecular flexibility index (Phi) is 13.7. The Hall–Kier alpha value is -5.24. The van der Waals surface area contributed by atoms with Gasteiger partial charge in [-0.1, -0.05) is 38.1 Å². The van der Waals surface area contributed by atoms with E-state index in [0.717, 1.165) is 97.5 Å². The van der Waals surface area contributed by atoms with E-state index in [4.69, 9.17) is 51.9 Å². The quantitative estimate of drug-likeness (QED) is 0.141. The number of rotatable bonds is 8. The second-order valence-electron chi connectivity index (χ2n) is 15.2. The van der Waals surface area contributed by atoms with Gasteiger partial charge in [-0.15, -0.1) is 56.7 Å². The molecule has 0 unspecified atom stereocenters. The van der Waals surface area contributed by atoms with Gasteiger partial charge in [0.15, 0.2) is 57.5 Å². The summed E-state index contributed by atoms with van der Waals surface area (Å²) >= 11 is 7.98. The van der Waals surface area contributed by atoms with E-state index in [0.29, 0.717) is 89.1 Å². The number of hydrogen-bond donors (Lipinski definition) is 1. The van der Waals surface area contributed by atoms with Crippen molar-refractivity contribution in [3.8, 4) is 96.5 Å². The average Bonchev–Trinajstić information content (AvgIpc) is 4.22. The molecule has 5 aromatic heterocycles. The van der Waals surface area contributed by atoms with E-state index >= 15 is 0 Å². The molecule has 0 aliphatic carbocycles. The highest BCUT2D eigenvalue weighted by Crippen LogP contribution is 2.66. The summed E-state index contributed by atoms with van der Waals surface area (Å²) in [6, 6.07) is 12.1. The molecule has 16 nitrogen and oxygen atoms in total. The molecule has 2 aromatic carbocycles. The number of fused-ring (bicyclic) bond motifs is 5. The molecule has 10 heterocycles. The summed E-state index contributed by atoms with van der Waals surface area (Å²) in [5.41, 5.74) is 2.06. The Morgan fingerprint density at radius 3 is 0.986 bits per heavy atom. The predicted molar refractivity (Wildman–Crippen MR) is 262 cm³/mol. The normalized spacial score (nSPS) is 15.3. The molecular weight excluding hydrogens is 1030 g/mol. The first kappa shape index (κ1) is 47.4. The van der Waals surface area contributed by atoms with Crippen molar-refractivity contribution in [2.75, 3.05) is 66.1 Å². The van der Waals surface area contributed by atoms with Crippen LogP contribution < -0.4 is 47.4 Å². The van der Waals surface area contributed by atoms with Gasteiger partial charge in [-0.05, 0) is 48.2 Å². The maximum absolute atomic E-state index is 10.6. The Balaban J connectivity index is 0.000000189. The van der Waals surface area contributed by atoms with E-state index in [9.17, 15) is 21.4 Å². The van der Waals surface area contributed by atoms with E-state index < -0.39 is 20.2 Å². The van der Waals surface area contributed by atoms with Gasteiger partial charge in [0.1, 0.15) is 76.2 Å². The van der Waals surface area contributed by atoms with Gasteiger partial charge in [0.05, 0.1) is 48.8 Å². The fourth-order valence-electron chi connectivity index (χ4n) is 7.58. The minimum absolute atomic E-state index is 0.0558. The van der Waals surface area contributed by atoms with Crippen LogP contribution >= 0.6 is 56.7 Å². The lowest BCUT2D eigenvalue weighted by atomic mass is 10.2. The molecule has 0 radical (unpaired) electrons. The first-order valence-corrected chi connectivity index (χ1v) is 28.6. The molecule has 12 rings (SSSR count). The molecule has 0 saturated carbocycles. The van der Waals surface area contributed by atoms with E-state index in [1.165, 1.54) is 24.3 Å². The largest absolute Gasteiger partial charge is 0.744 e. The zero-order valence-corrected chi connectivity index (χ0v) is 42.4. The van der Waals surface area contributed by atoms with Crippen LogP contribution in [0.15, 0.2) is 69.1 Å². The van der Waals surface area contributed by atoms with E-state index in [2.05, 4.69) is 0 Å². The SMILES string of the molecule is CCc1ccc(S(=O)(=O)O)cc1.CCc1ccc(S(=O)(=O)[O-])cc1.c1sc(-c2sc(-c3sc(-c4sc(-c5scc6c5OCCO6)c5c4OCCO5)c4c3OCCO4)c3c2OCCO3)c2c1OCCO2. The lowest BCUT2D eigenvalue weighted by Crippen LogP contribution is -2.16. The molecule has 364 valence electrons. The summed E-state index contributed by atoms with van der Waals surface area (Å²) in [6.07, 6.45) is 1.69. The molecule has 0 bridgehead atoms. The molecule has 0 spiro atoms. The summed E-state index contributed by atoms with van der Waals surface area (Å²) in [5.74, 6) is 7.29. The van der Waals surface area contributed by atoms with Crippen molar-refractivity contribution >= 4 is 76.9 Å². The van der Waals surface area contributed by atoms with Gasteiger partial charge in [-0.3, -0.25) is 4.55 Å². The van der Waals surface area contributed by atoms with Crippen molar-refractivity contribution in [1.82, 2.24) is 0 Å². The second kappa shape index (κ2) is 19.9. The van der Waals surface area contributed by atoms with Crippen LogP contribution in [0.3, 0.4) is 0 Å². The van der Waals surface area contributed by atoms with Crippen LogP contribution in [0, 0.1) is 0 Å². The maximum Gasteiger partial charge on any atom is 0.294 e. The van der Waals surface area contributed by atoms with E-state index in [1.54, 1.807) is 80.9 Å². The highest BCUT2D eigenvalue weighted by atomic mass is 32.2. The number of thiophene rings is 5. The van der Waals surface area contributed by atoms with Crippen LogP contribution in [0.4, 0.5) is 0 Å². The van der Waals surface area contributed by atoms with Crippen molar-refractivity contribution in [2.45, 2.75) is 36.5 Å². The predicted octanol–water partition coefficient (Wildman–Crippen LogP) is 10.2. The molecule has 5 aliphatic rings. The molecule has 7 aromatic rings. The summed E-state index contributed by atoms with van der Waals surface area (Å²) in [4.78, 5) is 7.33. The minimum atomic E-state index is -4.28. The van der Waals surface area contributed by atoms with Crippen molar-refractivity contribution in [3.05, 3.63) is 70.4 Å². The van der Waals surface area contributed by atoms with Gasteiger partial charge >= 0.3 is 0 Å². The molecule has 5 aliphatic heterocycles. The van der Waals surface area contributed by atoms with Gasteiger partial charge in [0.25, 0.3) is 10.1 Å². The third-order valence-electron chi connectivity index (χ3n) is 10.9. The van der Waals surface area contributed by atoms with Gasteiger partial charge in [-0.25, -0.2) is 8.42 Å². The zero-order valence-electron chi connectivity index (χ0n) is 36.7. The molecule has 0 saturated heterocycles. The Morgan fingerprint density at radius 1 is 0.420 bits per heavy atom. The highest BCUT2D eigenvalue weighted by molar-refractivity contribution is 7.86. The summed E-state index contributed by atoms with van der Waals surface area (Å²) in [7, 11) is -8.31. The Labute approximate surface area is 416 Å². The first-order chi connectivity index (χ1) is 33.4. The molecule has 0 atom stereocenters. The fourth-order valence-corrected chi connectivity index (χ4v) is 14.5. The topological polar surface area (TPSA) is 204 Å². The molecule has 1 N–H and O–H groups in total. The number of hydrogen-bond acceptors (Lipinski definition) is 20. The first-order valence-electron chi connectivity index (χ1n) is 21.5. The lowest BCUT2D eigenvalue weighted by Gasteiger charge is -2.19. The van der Waals surface area contributed by atoms with Crippen LogP contribution in [0.25, 0.3) is 39.0 Å². The van der Waals surface area contributed by atoms with Crippen molar-refractivity contribution < 1.29 is 73.3 Å². The maximum atomic E-state index is 10.6. The van der Waals surface area contributed by atoms with Crippen LogP contribution in [-0.4, -0.2) is 92.0 Å². The van der Waals surface area contributed by atoms with Crippen LogP contribution in [-0.2, 0) is 33.1 Å². The molecular formula is C46H41O16S7-. The number of benzene rings is 2. The number of aryl methyl sites for hydroxylation is 2. The second-order valence-corrected chi connectivity index (χ2v) is 22.8. The van der Waals surface area contributed by atoms with E-state index in [1.807, 2.05) is 24.6 Å². The number of ether oxygens (including phenoxy) is 10. The standard InChI is InChI=1S/C30H22O10S5.2C8H10O3S/c1-3-33-15-13(31-1)11-41-23(15)25-17-19(37-7-5-35-17)27(43-25)29-21-22(40-10-9-39-21)30(45-29)28-20-18(36-6-8-38-20)26(44-28)24-16-14(12-42-24)32-2-4-34-16;2*1-2-7-3-5-8(6-4-7)12(9,10)11/h11-12H,1-10H2;2*3-6H,2H2,1H3,(H,9,10,11)/p-1. The minimum Gasteiger partial charge on any atom is -0.744 e. The molecule has 23 heteroatoms. The molecule has 0 amide bonds. The van der Waals surface area contributed by atoms with Crippen LogP contribution in [0.5, 0.6) is 57.5 Å². The lowest BCUT2D eigenvalue weighted by molar-refractivity contribution is 0.171. The van der Waals surface area contributed by atoms with E-state index in [-0.39, 0.29) is 9.79 Å². The van der Waals surface area contributed by atoms with Crippen molar-refractivity contribution in [1.29, 1.82) is 0 Å². The summed E-state index contributed by atoms with van der Waals surface area (Å²) in [6.45, 7) is 8.78. The summed E-state index contributed by atoms with van der Waals surface area (Å²) < 4.78 is 123. The van der Waals surface area contributed by atoms with Gasteiger partial charge < -0.3 is 51.9 Å². The van der Waals surface area contributed by atoms with Gasteiger partial charge in [-0.2, -0.15) is 8.42 Å². The van der Waals surface area contributed by atoms with Crippen LogP contribution in [0.2, 0.25) is 0 Å². The monoisotopic (exact) mass is 1070 g/mol. The Bertz CT molecular complexity index is 3000. The Morgan fingerprint density at radius 2 is 0.696 bits per heavy atom. The van der Waals surface area contributed by atoms with Crippen molar-refractivity contribution in [2.24, 2.45) is 0 Å². The van der Waals surface area contributed by atoms with Gasteiger partial charge in [0, 0.05) is 10.8 Å². The van der Waals surface area contributed by atoms with Crippen molar-refractivity contribution in [3.63, 3.8) is 0 Å². The average molecular weight is 1070 g/mol. The molecule has 69 heavy (non-hydrogen) atoms. The third kappa shape index (κ3) is 9.55. The fraction of sp³-hybridized carbons (Fsp3) is 0.304. The zero-order chi connectivity index (χ0) is 47.9. The molecule has 0 fully saturated rings. The third-order valence-corrected chi connectivity index (χ3v) is 18.6. The smallest absolute Gasteiger partial charge is 0.294 e. The van der Waals surface area contributed by atoms with Crippen LogP contribution in [0.1, 0.15) is 25.0 Å². The summed E-state index contributed by atoms with van der Waals surface area (Å²) in [5, 5.41) is 3.98. The van der Waals surface area contributed by atoms with Gasteiger partial charge in [0.2, 0.25) is 0 Å².